The van der Waals surface area contributed by atoms with Crippen LogP contribution in [0.15, 0.2) is 72.8 Å². The number of amides is 1. The van der Waals surface area contributed by atoms with E-state index < -0.39 is 0 Å². The number of anilines is 1. The Kier molecular flexibility index (Phi) is 4.72. The lowest BCUT2D eigenvalue weighted by atomic mass is 9.83. The van der Waals surface area contributed by atoms with Crippen molar-refractivity contribution in [3.05, 3.63) is 95.1 Å². The number of nitrogens with one attached hydrogen (secondary N) is 1. The normalized spacial score (nSPS) is 12.1. The highest BCUT2D eigenvalue weighted by molar-refractivity contribution is 6.30. The molecule has 1 amide bonds. The van der Waals surface area contributed by atoms with Crippen molar-refractivity contribution in [1.29, 1.82) is 0 Å². The molecule has 0 radical (unpaired) electrons. The van der Waals surface area contributed by atoms with Gasteiger partial charge in [0.05, 0.1) is 24.3 Å². The summed E-state index contributed by atoms with van der Waals surface area (Å²) in [6.45, 7) is 0.209. The van der Waals surface area contributed by atoms with E-state index in [0.29, 0.717) is 28.1 Å². The minimum absolute atomic E-state index is 0.122. The Morgan fingerprint density at radius 1 is 0.750 bits per heavy atom. The summed E-state index contributed by atoms with van der Waals surface area (Å²) in [7, 11) is 0. The predicted octanol–water partition coefficient (Wildman–Crippen LogP) is 3.87. The molecule has 138 valence electrons. The Bertz CT molecular complexity index is 1070. The van der Waals surface area contributed by atoms with E-state index in [1.807, 2.05) is 30.3 Å². The van der Waals surface area contributed by atoms with Crippen LogP contribution in [0.25, 0.3) is 0 Å². The standard InChI is InChI=1S/C23H17NO4/c25-20(13-14-28-15-7-2-1-3-8-15)24-19-12-6-11-18-21(19)23(27)17-10-5-4-9-16(17)22(18)26/h1-12H,13-14H2,(H,24,25). The first-order valence-electron chi connectivity index (χ1n) is 8.94. The van der Waals surface area contributed by atoms with E-state index in [2.05, 4.69) is 5.32 Å². The molecule has 1 aliphatic rings. The summed E-state index contributed by atoms with van der Waals surface area (Å²) in [5.74, 6) is -0.0800. The zero-order valence-corrected chi connectivity index (χ0v) is 15.0. The Morgan fingerprint density at radius 2 is 1.39 bits per heavy atom. The van der Waals surface area contributed by atoms with Crippen molar-refractivity contribution in [2.75, 3.05) is 11.9 Å². The molecule has 1 aliphatic carbocycles. The number of hydrogen-bond donors (Lipinski definition) is 1. The van der Waals surface area contributed by atoms with E-state index in [-0.39, 0.29) is 36.1 Å². The number of rotatable bonds is 5. The molecule has 5 nitrogen and oxygen atoms in total. The largest absolute Gasteiger partial charge is 0.493 e. The van der Waals surface area contributed by atoms with Gasteiger partial charge in [0.2, 0.25) is 5.91 Å². The zero-order chi connectivity index (χ0) is 19.5. The second-order valence-electron chi connectivity index (χ2n) is 6.39. The number of carbonyl (C=O) groups excluding carboxylic acids is 3. The van der Waals surface area contributed by atoms with Crippen molar-refractivity contribution < 1.29 is 19.1 Å². The van der Waals surface area contributed by atoms with Gasteiger partial charge in [-0.25, -0.2) is 0 Å². The minimum Gasteiger partial charge on any atom is -0.493 e. The number of fused-ring (bicyclic) bond motifs is 2. The predicted molar refractivity (Wildman–Crippen MR) is 105 cm³/mol. The van der Waals surface area contributed by atoms with Crippen LogP contribution >= 0.6 is 0 Å². The van der Waals surface area contributed by atoms with Gasteiger partial charge in [-0.05, 0) is 18.2 Å². The lowest BCUT2D eigenvalue weighted by molar-refractivity contribution is -0.116. The van der Waals surface area contributed by atoms with Crippen molar-refractivity contribution in [2.24, 2.45) is 0 Å². The fourth-order valence-corrected chi connectivity index (χ4v) is 3.24. The average molecular weight is 371 g/mol. The molecule has 5 heteroatoms. The summed E-state index contributed by atoms with van der Waals surface area (Å²) in [6.07, 6.45) is 0.122. The van der Waals surface area contributed by atoms with E-state index in [4.69, 9.17) is 4.74 Å². The molecule has 0 unspecified atom stereocenters. The van der Waals surface area contributed by atoms with Crippen LogP contribution < -0.4 is 10.1 Å². The Labute approximate surface area is 162 Å². The highest BCUT2D eigenvalue weighted by atomic mass is 16.5. The first kappa shape index (κ1) is 17.7. The van der Waals surface area contributed by atoms with Gasteiger partial charge in [0.25, 0.3) is 0 Å². The highest BCUT2D eigenvalue weighted by Gasteiger charge is 2.31. The van der Waals surface area contributed by atoms with Crippen molar-refractivity contribution in [3.63, 3.8) is 0 Å². The molecule has 0 spiro atoms. The first-order chi connectivity index (χ1) is 13.6. The van der Waals surface area contributed by atoms with Crippen LogP contribution in [0.4, 0.5) is 5.69 Å². The minimum atomic E-state index is -0.288. The third-order valence-corrected chi connectivity index (χ3v) is 4.57. The second-order valence-corrected chi connectivity index (χ2v) is 6.39. The molecular formula is C23H17NO4. The van der Waals surface area contributed by atoms with Crippen LogP contribution in [0, 0.1) is 0 Å². The van der Waals surface area contributed by atoms with Crippen LogP contribution in [0.5, 0.6) is 5.75 Å². The van der Waals surface area contributed by atoms with Gasteiger partial charge < -0.3 is 10.1 Å². The molecule has 0 atom stereocenters. The summed E-state index contributed by atoms with van der Waals surface area (Å²) >= 11 is 0. The molecule has 4 rings (SSSR count). The topological polar surface area (TPSA) is 72.5 Å². The van der Waals surface area contributed by atoms with Crippen molar-refractivity contribution in [1.82, 2.24) is 0 Å². The maximum absolute atomic E-state index is 12.9. The molecule has 0 bridgehead atoms. The molecule has 0 heterocycles. The fourth-order valence-electron chi connectivity index (χ4n) is 3.24. The zero-order valence-electron chi connectivity index (χ0n) is 15.0. The summed E-state index contributed by atoms with van der Waals surface area (Å²) in [6, 6.07) is 20.8. The molecule has 28 heavy (non-hydrogen) atoms. The lowest BCUT2D eigenvalue weighted by Gasteiger charge is -2.20. The van der Waals surface area contributed by atoms with Gasteiger partial charge >= 0.3 is 0 Å². The number of para-hydroxylation sites is 1. The molecular weight excluding hydrogens is 354 g/mol. The molecule has 1 N–H and O–H groups in total. The highest BCUT2D eigenvalue weighted by Crippen LogP contribution is 2.31. The molecule has 0 aromatic heterocycles. The summed E-state index contributed by atoms with van der Waals surface area (Å²) in [5, 5.41) is 2.75. The smallest absolute Gasteiger partial charge is 0.227 e. The van der Waals surface area contributed by atoms with Crippen LogP contribution in [0.3, 0.4) is 0 Å². The molecule has 3 aromatic rings. The van der Waals surface area contributed by atoms with Gasteiger partial charge in [0, 0.05) is 16.7 Å². The van der Waals surface area contributed by atoms with Crippen LogP contribution in [-0.4, -0.2) is 24.1 Å². The van der Waals surface area contributed by atoms with E-state index in [1.165, 1.54) is 0 Å². The van der Waals surface area contributed by atoms with Crippen molar-refractivity contribution in [3.8, 4) is 5.75 Å². The number of ketones is 2. The summed E-state index contributed by atoms with van der Waals surface area (Å²) in [4.78, 5) is 38.0. The Morgan fingerprint density at radius 3 is 2.14 bits per heavy atom. The molecule has 0 aliphatic heterocycles. The number of ether oxygens (including phenoxy) is 1. The fraction of sp³-hybridized carbons (Fsp3) is 0.0870. The molecule has 0 fully saturated rings. The van der Waals surface area contributed by atoms with Crippen molar-refractivity contribution >= 4 is 23.2 Å². The monoisotopic (exact) mass is 371 g/mol. The van der Waals surface area contributed by atoms with E-state index in [9.17, 15) is 14.4 Å². The van der Waals surface area contributed by atoms with E-state index in [0.717, 1.165) is 0 Å². The maximum atomic E-state index is 12.9. The van der Waals surface area contributed by atoms with Gasteiger partial charge in [-0.15, -0.1) is 0 Å². The molecule has 3 aromatic carbocycles. The Balaban J connectivity index is 1.51. The number of benzene rings is 3. The van der Waals surface area contributed by atoms with Gasteiger partial charge in [0.15, 0.2) is 11.6 Å². The van der Waals surface area contributed by atoms with Crippen LogP contribution in [-0.2, 0) is 4.79 Å². The molecule has 0 saturated heterocycles. The van der Waals surface area contributed by atoms with E-state index >= 15 is 0 Å². The maximum Gasteiger partial charge on any atom is 0.227 e. The van der Waals surface area contributed by atoms with E-state index in [1.54, 1.807) is 42.5 Å². The van der Waals surface area contributed by atoms with Crippen molar-refractivity contribution in [2.45, 2.75) is 6.42 Å². The first-order valence-corrected chi connectivity index (χ1v) is 8.94. The van der Waals surface area contributed by atoms with Gasteiger partial charge in [-0.2, -0.15) is 0 Å². The SMILES string of the molecule is O=C(CCOc1ccccc1)Nc1cccc2c1C(=O)c1ccccc1C2=O. The molecule has 0 saturated carbocycles. The van der Waals surface area contributed by atoms with Crippen LogP contribution in [0.2, 0.25) is 0 Å². The Hall–Kier alpha value is -3.73. The quantitative estimate of drug-likeness (QED) is 0.578. The third-order valence-electron chi connectivity index (χ3n) is 4.57. The number of hydrogen-bond acceptors (Lipinski definition) is 4. The van der Waals surface area contributed by atoms with Crippen LogP contribution in [0.1, 0.15) is 38.3 Å². The third kappa shape index (κ3) is 3.30. The van der Waals surface area contributed by atoms with Gasteiger partial charge in [-0.1, -0.05) is 54.6 Å². The van der Waals surface area contributed by atoms with Gasteiger partial charge in [0.1, 0.15) is 5.75 Å². The summed E-state index contributed by atoms with van der Waals surface area (Å²) in [5.41, 5.74) is 1.63. The second kappa shape index (κ2) is 7.48. The summed E-state index contributed by atoms with van der Waals surface area (Å²) < 4.78 is 5.53. The lowest BCUT2D eigenvalue weighted by Crippen LogP contribution is -2.24. The number of carbonyl (C=O) groups is 3. The average Bonchev–Trinajstić information content (AvgIpc) is 2.73. The van der Waals surface area contributed by atoms with Gasteiger partial charge in [-0.3, -0.25) is 14.4 Å².